The Morgan fingerprint density at radius 3 is 2.28 bits per heavy atom. The molecule has 0 radical (unpaired) electrons. The molecule has 130 valence electrons. The summed E-state index contributed by atoms with van der Waals surface area (Å²) in [7, 11) is 0. The summed E-state index contributed by atoms with van der Waals surface area (Å²) in [5.41, 5.74) is 1.16. The number of ether oxygens (including phenoxy) is 1. The summed E-state index contributed by atoms with van der Waals surface area (Å²) in [5, 5.41) is 21.8. The smallest absolute Gasteiger partial charge is 0.406 e. The SMILES string of the molecule is OCCNc1nnc(-c2ccc(OC(F)(F)F)cc2)c2ccccc12. The molecular formula is C17H14F3N3O2. The van der Waals surface area contributed by atoms with Gasteiger partial charge in [0.1, 0.15) is 11.4 Å². The van der Waals surface area contributed by atoms with E-state index in [4.69, 9.17) is 5.11 Å². The molecule has 0 saturated heterocycles. The predicted octanol–water partition coefficient (Wildman–Crippen LogP) is 3.60. The highest BCUT2D eigenvalue weighted by molar-refractivity contribution is 6.00. The maximum absolute atomic E-state index is 12.3. The number of aromatic nitrogens is 2. The average molecular weight is 349 g/mol. The fourth-order valence-electron chi connectivity index (χ4n) is 2.44. The van der Waals surface area contributed by atoms with Crippen molar-refractivity contribution < 1.29 is 23.0 Å². The highest BCUT2D eigenvalue weighted by atomic mass is 19.4. The van der Waals surface area contributed by atoms with Crippen LogP contribution in [-0.2, 0) is 0 Å². The van der Waals surface area contributed by atoms with E-state index in [0.29, 0.717) is 23.6 Å². The Morgan fingerprint density at radius 2 is 1.64 bits per heavy atom. The van der Waals surface area contributed by atoms with Crippen LogP contribution in [0.2, 0.25) is 0 Å². The van der Waals surface area contributed by atoms with Gasteiger partial charge in [0.2, 0.25) is 0 Å². The number of nitrogens with zero attached hydrogens (tertiary/aromatic N) is 2. The molecule has 0 unspecified atom stereocenters. The number of benzene rings is 2. The Hall–Kier alpha value is -2.87. The van der Waals surface area contributed by atoms with Gasteiger partial charge >= 0.3 is 6.36 Å². The van der Waals surface area contributed by atoms with Gasteiger partial charge in [-0.2, -0.15) is 0 Å². The third-order valence-electron chi connectivity index (χ3n) is 3.45. The largest absolute Gasteiger partial charge is 0.573 e. The predicted molar refractivity (Wildman–Crippen MR) is 87.2 cm³/mol. The average Bonchev–Trinajstić information content (AvgIpc) is 2.59. The van der Waals surface area contributed by atoms with Gasteiger partial charge in [-0.3, -0.25) is 0 Å². The molecule has 0 spiro atoms. The van der Waals surface area contributed by atoms with Crippen LogP contribution in [-0.4, -0.2) is 34.8 Å². The van der Waals surface area contributed by atoms with Crippen molar-refractivity contribution in [3.05, 3.63) is 48.5 Å². The first-order chi connectivity index (χ1) is 12.0. The lowest BCUT2D eigenvalue weighted by Gasteiger charge is -2.11. The van der Waals surface area contributed by atoms with E-state index in [0.717, 1.165) is 10.8 Å². The third-order valence-corrected chi connectivity index (χ3v) is 3.45. The van der Waals surface area contributed by atoms with Gasteiger partial charge in [-0.25, -0.2) is 0 Å². The topological polar surface area (TPSA) is 67.3 Å². The molecule has 0 atom stereocenters. The number of halogens is 3. The standard InChI is InChI=1S/C17H14F3N3O2/c18-17(19,20)25-12-7-5-11(6-8-12)15-13-3-1-2-4-14(13)16(23-22-15)21-9-10-24/h1-8,24H,9-10H2,(H,21,23). The number of rotatable bonds is 5. The summed E-state index contributed by atoms with van der Waals surface area (Å²) >= 11 is 0. The number of fused-ring (bicyclic) bond motifs is 1. The lowest BCUT2D eigenvalue weighted by molar-refractivity contribution is -0.274. The summed E-state index contributed by atoms with van der Waals surface area (Å²) in [6.45, 7) is 0.292. The lowest BCUT2D eigenvalue weighted by Crippen LogP contribution is -2.16. The van der Waals surface area contributed by atoms with E-state index in [9.17, 15) is 13.2 Å². The van der Waals surface area contributed by atoms with Crippen molar-refractivity contribution in [1.82, 2.24) is 10.2 Å². The molecule has 0 aliphatic heterocycles. The maximum atomic E-state index is 12.3. The molecular weight excluding hydrogens is 335 g/mol. The van der Waals surface area contributed by atoms with Gasteiger partial charge in [0, 0.05) is 22.9 Å². The molecule has 0 amide bonds. The minimum absolute atomic E-state index is 0.0432. The molecule has 2 N–H and O–H groups in total. The molecule has 25 heavy (non-hydrogen) atoms. The van der Waals surface area contributed by atoms with E-state index in [1.54, 1.807) is 0 Å². The van der Waals surface area contributed by atoms with E-state index in [1.165, 1.54) is 24.3 Å². The highest BCUT2D eigenvalue weighted by Gasteiger charge is 2.31. The Labute approximate surface area is 141 Å². The van der Waals surface area contributed by atoms with Crippen molar-refractivity contribution in [2.75, 3.05) is 18.5 Å². The van der Waals surface area contributed by atoms with Gasteiger partial charge in [-0.05, 0) is 24.3 Å². The second-order valence-electron chi connectivity index (χ2n) is 5.17. The van der Waals surface area contributed by atoms with Crippen LogP contribution >= 0.6 is 0 Å². The summed E-state index contributed by atoms with van der Waals surface area (Å²) in [6, 6.07) is 12.9. The van der Waals surface area contributed by atoms with Crippen molar-refractivity contribution in [3.63, 3.8) is 0 Å². The number of anilines is 1. The van der Waals surface area contributed by atoms with Crippen molar-refractivity contribution in [1.29, 1.82) is 0 Å². The van der Waals surface area contributed by atoms with Crippen LogP contribution in [0.25, 0.3) is 22.0 Å². The van der Waals surface area contributed by atoms with Crippen molar-refractivity contribution >= 4 is 16.6 Å². The normalized spacial score (nSPS) is 11.5. The summed E-state index contributed by atoms with van der Waals surface area (Å²) < 4.78 is 40.6. The Balaban J connectivity index is 1.99. The zero-order valence-electron chi connectivity index (χ0n) is 12.9. The fraction of sp³-hybridized carbons (Fsp3) is 0.176. The minimum Gasteiger partial charge on any atom is -0.406 e. The molecule has 0 saturated carbocycles. The first kappa shape index (κ1) is 17.0. The number of hydrogen-bond acceptors (Lipinski definition) is 5. The van der Waals surface area contributed by atoms with Gasteiger partial charge in [0.25, 0.3) is 0 Å². The molecule has 0 aliphatic carbocycles. The summed E-state index contributed by atoms with van der Waals surface area (Å²) in [4.78, 5) is 0. The lowest BCUT2D eigenvalue weighted by atomic mass is 10.0. The highest BCUT2D eigenvalue weighted by Crippen LogP contribution is 2.31. The Morgan fingerprint density at radius 1 is 0.960 bits per heavy atom. The number of aliphatic hydroxyl groups is 1. The minimum atomic E-state index is -4.73. The molecule has 3 aromatic rings. The van der Waals surface area contributed by atoms with Crippen molar-refractivity contribution in [2.24, 2.45) is 0 Å². The zero-order valence-corrected chi connectivity index (χ0v) is 12.9. The molecule has 0 bridgehead atoms. The number of aliphatic hydroxyl groups excluding tert-OH is 1. The number of alkyl halides is 3. The van der Waals surface area contributed by atoms with E-state index < -0.39 is 6.36 Å². The fourth-order valence-corrected chi connectivity index (χ4v) is 2.44. The summed E-state index contributed by atoms with van der Waals surface area (Å²) in [5.74, 6) is 0.236. The second-order valence-corrected chi connectivity index (χ2v) is 5.17. The monoisotopic (exact) mass is 349 g/mol. The van der Waals surface area contributed by atoms with E-state index in [1.807, 2.05) is 24.3 Å². The molecule has 0 aliphatic rings. The van der Waals surface area contributed by atoms with Gasteiger partial charge in [-0.1, -0.05) is 24.3 Å². The molecule has 0 fully saturated rings. The molecule has 1 aromatic heterocycles. The molecule has 5 nitrogen and oxygen atoms in total. The quantitative estimate of drug-likeness (QED) is 0.737. The van der Waals surface area contributed by atoms with Crippen LogP contribution < -0.4 is 10.1 Å². The maximum Gasteiger partial charge on any atom is 0.573 e. The van der Waals surface area contributed by atoms with Crippen molar-refractivity contribution in [3.8, 4) is 17.0 Å². The first-order valence-electron chi connectivity index (χ1n) is 7.44. The van der Waals surface area contributed by atoms with Crippen LogP contribution in [0, 0.1) is 0 Å². The second kappa shape index (κ2) is 6.94. The zero-order chi connectivity index (χ0) is 17.9. The summed E-state index contributed by atoms with van der Waals surface area (Å²) in [6.07, 6.45) is -4.73. The van der Waals surface area contributed by atoms with E-state index >= 15 is 0 Å². The van der Waals surface area contributed by atoms with Gasteiger partial charge in [-0.15, -0.1) is 23.4 Å². The van der Waals surface area contributed by atoms with E-state index in [-0.39, 0.29) is 12.4 Å². The number of nitrogens with one attached hydrogen (secondary N) is 1. The van der Waals surface area contributed by atoms with Crippen LogP contribution in [0.4, 0.5) is 19.0 Å². The first-order valence-corrected chi connectivity index (χ1v) is 7.44. The Kier molecular flexibility index (Phi) is 4.71. The number of hydrogen-bond donors (Lipinski definition) is 2. The van der Waals surface area contributed by atoms with Gasteiger partial charge in [0.15, 0.2) is 5.82 Å². The van der Waals surface area contributed by atoms with Gasteiger partial charge < -0.3 is 15.2 Å². The van der Waals surface area contributed by atoms with Gasteiger partial charge in [0.05, 0.1) is 6.61 Å². The molecule has 2 aromatic carbocycles. The molecule has 3 rings (SSSR count). The Bertz CT molecular complexity index is 867. The molecule has 8 heteroatoms. The van der Waals surface area contributed by atoms with Crippen LogP contribution in [0.15, 0.2) is 48.5 Å². The third kappa shape index (κ3) is 3.97. The van der Waals surface area contributed by atoms with E-state index in [2.05, 4.69) is 20.3 Å². The van der Waals surface area contributed by atoms with Crippen LogP contribution in [0.1, 0.15) is 0 Å². The van der Waals surface area contributed by atoms with Crippen LogP contribution in [0.5, 0.6) is 5.75 Å². The molecule has 1 heterocycles. The van der Waals surface area contributed by atoms with Crippen molar-refractivity contribution in [2.45, 2.75) is 6.36 Å². The van der Waals surface area contributed by atoms with Crippen LogP contribution in [0.3, 0.4) is 0 Å².